The molecule has 1 atom stereocenters. The second kappa shape index (κ2) is 17.0. The molecular formula is C17H31Cl2MnN5O. The van der Waals surface area contributed by atoms with Crippen molar-refractivity contribution in [3.05, 3.63) is 29.8 Å². The molecule has 0 saturated carbocycles. The van der Waals surface area contributed by atoms with Crippen LogP contribution in [-0.2, 0) is 19.6 Å². The van der Waals surface area contributed by atoms with Crippen molar-refractivity contribution < 1.29 is 18.2 Å². The minimum atomic E-state index is 0.00694. The maximum absolute atomic E-state index is 9.62. The van der Waals surface area contributed by atoms with E-state index in [9.17, 15) is 5.11 Å². The molecule has 0 bridgehead atoms. The van der Waals surface area contributed by atoms with Gasteiger partial charge in [0.1, 0.15) is 5.75 Å². The first-order valence-corrected chi connectivity index (χ1v) is 12.2. The molecule has 0 spiro atoms. The minimum absolute atomic E-state index is 0.00694. The molecule has 6 N–H and O–H groups in total. The molecule has 6 nitrogen and oxygen atoms in total. The first-order chi connectivity index (χ1) is 12.8. The third-order valence-corrected chi connectivity index (χ3v) is 3.95. The summed E-state index contributed by atoms with van der Waals surface area (Å²) in [6, 6.07) is 7.91. The van der Waals surface area contributed by atoms with Gasteiger partial charge in [-0.2, -0.15) is 0 Å². The number of aromatic hydroxyl groups is 1. The van der Waals surface area contributed by atoms with Gasteiger partial charge in [-0.05, 0) is 24.1 Å². The van der Waals surface area contributed by atoms with Gasteiger partial charge in [0.05, 0.1) is 0 Å². The molecule has 1 aliphatic rings. The van der Waals surface area contributed by atoms with E-state index >= 15 is 0 Å². The van der Waals surface area contributed by atoms with E-state index in [1.807, 2.05) is 12.1 Å². The summed E-state index contributed by atoms with van der Waals surface area (Å²) in [5.41, 5.74) is 1.16. The molecule has 1 aromatic rings. The third kappa shape index (κ3) is 13.1. The quantitative estimate of drug-likeness (QED) is 0.374. The van der Waals surface area contributed by atoms with Gasteiger partial charge in [-0.15, -0.1) is 0 Å². The monoisotopic (exact) mass is 446 g/mol. The zero-order valence-electron chi connectivity index (χ0n) is 15.0. The van der Waals surface area contributed by atoms with Crippen molar-refractivity contribution in [3.8, 4) is 5.75 Å². The Hall–Kier alpha value is -0.0805. The van der Waals surface area contributed by atoms with Crippen LogP contribution in [0.2, 0.25) is 0 Å². The van der Waals surface area contributed by atoms with Crippen LogP contribution in [0.25, 0.3) is 0 Å². The standard InChI is InChI=1S/C17H31N5O.2ClH.Mn/c23-17-3-1-2-15(13-17)12-16-14-21-9-8-19-5-4-18-6-7-20-10-11-22-16;;;/h1-3,13,16,18-23H,4-12,14H2;2*1H;/q;;;+2/p-2. The Kier molecular flexibility index (Phi) is 15.7. The number of rotatable bonds is 2. The Morgan fingerprint density at radius 1 is 0.885 bits per heavy atom. The number of hydrogen-bond donors (Lipinski definition) is 6. The summed E-state index contributed by atoms with van der Waals surface area (Å²) in [7, 11) is 9.59. The van der Waals surface area contributed by atoms with Crippen LogP contribution in [0.15, 0.2) is 24.3 Å². The summed E-state index contributed by atoms with van der Waals surface area (Å²) in [6.07, 6.45) is 0.913. The summed E-state index contributed by atoms with van der Waals surface area (Å²) in [4.78, 5) is 0. The predicted octanol–water partition coefficient (Wildman–Crippen LogP) is 0.641. The van der Waals surface area contributed by atoms with Gasteiger partial charge >= 0.3 is 33.3 Å². The summed E-state index contributed by atoms with van der Waals surface area (Å²) in [6.45, 7) is 8.82. The number of hydrogen-bond acceptors (Lipinski definition) is 6. The number of nitrogens with one attached hydrogen (secondary N) is 5. The van der Waals surface area contributed by atoms with Gasteiger partial charge < -0.3 is 31.7 Å². The van der Waals surface area contributed by atoms with Crippen molar-refractivity contribution in [3.63, 3.8) is 0 Å². The Morgan fingerprint density at radius 3 is 2.00 bits per heavy atom. The number of phenolic OH excluding ortho intramolecular Hbond substituents is 1. The molecule has 1 heterocycles. The van der Waals surface area contributed by atoms with E-state index in [4.69, 9.17) is 20.2 Å². The fraction of sp³-hybridized carbons (Fsp3) is 0.647. The molecule has 2 rings (SSSR count). The van der Waals surface area contributed by atoms with E-state index in [1.54, 1.807) is 6.07 Å². The average molecular weight is 447 g/mol. The van der Waals surface area contributed by atoms with Crippen LogP contribution in [0.4, 0.5) is 0 Å². The van der Waals surface area contributed by atoms with E-state index in [0.29, 0.717) is 11.8 Å². The molecule has 0 radical (unpaired) electrons. The molecule has 1 fully saturated rings. The summed E-state index contributed by atoms with van der Waals surface area (Å²) >= 11 is 0.00694. The molecule has 1 aromatic carbocycles. The molecule has 1 saturated heterocycles. The van der Waals surface area contributed by atoms with E-state index in [2.05, 4.69) is 32.7 Å². The van der Waals surface area contributed by atoms with Crippen LogP contribution >= 0.6 is 20.2 Å². The summed E-state index contributed by atoms with van der Waals surface area (Å²) in [5, 5.41) is 27.0. The number of halogens is 2. The molecule has 151 valence electrons. The normalized spacial score (nSPS) is 20.9. The Morgan fingerprint density at radius 2 is 1.42 bits per heavy atom. The summed E-state index contributed by atoms with van der Waals surface area (Å²) < 4.78 is 0. The maximum atomic E-state index is 9.62. The fourth-order valence-corrected chi connectivity index (χ4v) is 2.73. The van der Waals surface area contributed by atoms with E-state index in [-0.39, 0.29) is 13.1 Å². The third-order valence-electron chi connectivity index (χ3n) is 3.95. The molecule has 9 heteroatoms. The van der Waals surface area contributed by atoms with Crippen molar-refractivity contribution >= 4 is 20.2 Å². The van der Waals surface area contributed by atoms with Crippen LogP contribution in [0.3, 0.4) is 0 Å². The molecule has 0 aliphatic carbocycles. The van der Waals surface area contributed by atoms with Crippen molar-refractivity contribution in [1.29, 1.82) is 0 Å². The van der Waals surface area contributed by atoms with Gasteiger partial charge in [-0.25, -0.2) is 0 Å². The topological polar surface area (TPSA) is 80.4 Å². The van der Waals surface area contributed by atoms with Crippen molar-refractivity contribution in [1.82, 2.24) is 26.6 Å². The average Bonchev–Trinajstić information content (AvgIpc) is 2.63. The van der Waals surface area contributed by atoms with Gasteiger partial charge in [-0.3, -0.25) is 0 Å². The number of phenols is 1. The molecule has 0 amide bonds. The molecule has 1 aliphatic heterocycles. The van der Waals surface area contributed by atoms with E-state index in [1.165, 1.54) is 0 Å². The van der Waals surface area contributed by atoms with E-state index < -0.39 is 0 Å². The predicted molar refractivity (Wildman–Crippen MR) is 107 cm³/mol. The van der Waals surface area contributed by atoms with Crippen molar-refractivity contribution in [2.24, 2.45) is 0 Å². The fourth-order valence-electron chi connectivity index (χ4n) is 2.73. The zero-order valence-corrected chi connectivity index (χ0v) is 17.7. The second-order valence-corrected chi connectivity index (χ2v) is 7.98. The van der Waals surface area contributed by atoms with Gasteiger partial charge in [0, 0.05) is 64.9 Å². The molecular weight excluding hydrogens is 416 g/mol. The van der Waals surface area contributed by atoms with Gasteiger partial charge in [-0.1, -0.05) is 12.1 Å². The van der Waals surface area contributed by atoms with Gasteiger partial charge in [0.15, 0.2) is 0 Å². The van der Waals surface area contributed by atoms with Crippen molar-refractivity contribution in [2.45, 2.75) is 12.5 Å². The van der Waals surface area contributed by atoms with Crippen LogP contribution in [0.5, 0.6) is 5.75 Å². The van der Waals surface area contributed by atoms with Gasteiger partial charge in [0.25, 0.3) is 0 Å². The Balaban J connectivity index is 0.00000105. The van der Waals surface area contributed by atoms with E-state index in [0.717, 1.165) is 70.9 Å². The molecule has 0 aromatic heterocycles. The van der Waals surface area contributed by atoms with Crippen LogP contribution < -0.4 is 26.6 Å². The first-order valence-electron chi connectivity index (χ1n) is 8.97. The SMILES string of the molecule is Oc1cccc(CC2CNCCNCCNCCNCCN2)c1.[Cl][Mn][Cl]. The molecule has 1 unspecified atom stereocenters. The van der Waals surface area contributed by atoms with Crippen molar-refractivity contribution in [2.75, 3.05) is 58.9 Å². The molecule has 26 heavy (non-hydrogen) atoms. The number of benzene rings is 1. The Labute approximate surface area is 171 Å². The van der Waals surface area contributed by atoms with Crippen LogP contribution in [0.1, 0.15) is 5.56 Å². The summed E-state index contributed by atoms with van der Waals surface area (Å²) in [5.74, 6) is 0.339. The van der Waals surface area contributed by atoms with Crippen LogP contribution in [0, 0.1) is 0 Å². The van der Waals surface area contributed by atoms with Crippen LogP contribution in [-0.4, -0.2) is 70.1 Å². The first kappa shape index (κ1) is 24.0. The van der Waals surface area contributed by atoms with Gasteiger partial charge in [0.2, 0.25) is 0 Å². The zero-order chi connectivity index (χ0) is 18.9. The second-order valence-electron chi connectivity index (χ2n) is 6.03. The Bertz CT molecular complexity index is 443.